The minimum atomic E-state index is -1.15. The van der Waals surface area contributed by atoms with Gasteiger partial charge in [0, 0.05) is 26.1 Å². The normalized spacial score (nSPS) is 25.9. The summed E-state index contributed by atoms with van der Waals surface area (Å²) in [7, 11) is 0. The van der Waals surface area contributed by atoms with Gasteiger partial charge in [0.2, 0.25) is 5.91 Å². The summed E-state index contributed by atoms with van der Waals surface area (Å²) in [4.78, 5) is 37.4. The number of amides is 3. The molecular formula is C12H19N3O5. The third kappa shape index (κ3) is 3.19. The molecule has 2 unspecified atom stereocenters. The van der Waals surface area contributed by atoms with Crippen molar-refractivity contribution < 1.29 is 24.6 Å². The van der Waals surface area contributed by atoms with Gasteiger partial charge in [-0.15, -0.1) is 0 Å². The molecule has 0 spiro atoms. The summed E-state index contributed by atoms with van der Waals surface area (Å²) in [6.07, 6.45) is 1.12. The van der Waals surface area contributed by atoms with E-state index in [9.17, 15) is 19.5 Å². The maximum absolute atomic E-state index is 11.9. The highest BCUT2D eigenvalue weighted by molar-refractivity contribution is 5.87. The van der Waals surface area contributed by atoms with Crippen LogP contribution in [0, 0.1) is 0 Å². The standard InChI is InChI=1S/C12H19N3O5/c16-8-5-9(11(18)19)15(7-8)12(20)13-6-10(17)14-3-1-2-4-14/h8-9,16H,1-7H2,(H,13,20)(H,18,19). The molecule has 3 N–H and O–H groups in total. The van der Waals surface area contributed by atoms with Gasteiger partial charge in [0.15, 0.2) is 0 Å². The zero-order valence-electron chi connectivity index (χ0n) is 11.1. The zero-order chi connectivity index (χ0) is 14.7. The number of urea groups is 1. The number of carbonyl (C=O) groups excluding carboxylic acids is 2. The van der Waals surface area contributed by atoms with E-state index in [1.807, 2.05) is 0 Å². The lowest BCUT2D eigenvalue weighted by atomic mass is 10.2. The van der Waals surface area contributed by atoms with E-state index in [0.717, 1.165) is 17.7 Å². The second-order valence-electron chi connectivity index (χ2n) is 5.14. The predicted molar refractivity (Wildman–Crippen MR) is 68.0 cm³/mol. The molecule has 8 nitrogen and oxygen atoms in total. The van der Waals surface area contributed by atoms with Crippen molar-refractivity contribution in [2.45, 2.75) is 31.4 Å². The number of hydrogen-bond acceptors (Lipinski definition) is 4. The van der Waals surface area contributed by atoms with Crippen LogP contribution < -0.4 is 5.32 Å². The molecular weight excluding hydrogens is 266 g/mol. The van der Waals surface area contributed by atoms with Crippen molar-refractivity contribution in [3.8, 4) is 0 Å². The molecule has 0 aromatic heterocycles. The zero-order valence-corrected chi connectivity index (χ0v) is 11.1. The fourth-order valence-corrected chi connectivity index (χ4v) is 2.60. The van der Waals surface area contributed by atoms with Crippen molar-refractivity contribution in [2.24, 2.45) is 0 Å². The van der Waals surface area contributed by atoms with E-state index in [-0.39, 0.29) is 25.4 Å². The van der Waals surface area contributed by atoms with Gasteiger partial charge in [-0.3, -0.25) is 4.79 Å². The van der Waals surface area contributed by atoms with Gasteiger partial charge in [0.1, 0.15) is 6.04 Å². The summed E-state index contributed by atoms with van der Waals surface area (Å²) in [6.45, 7) is 1.24. The van der Waals surface area contributed by atoms with E-state index in [0.29, 0.717) is 13.1 Å². The quantitative estimate of drug-likeness (QED) is 0.606. The summed E-state index contributed by atoms with van der Waals surface area (Å²) in [5, 5.41) is 20.9. The van der Waals surface area contributed by atoms with E-state index >= 15 is 0 Å². The predicted octanol–water partition coefficient (Wildman–Crippen LogP) is -1.16. The van der Waals surface area contributed by atoms with Crippen molar-refractivity contribution >= 4 is 17.9 Å². The Morgan fingerprint density at radius 2 is 1.85 bits per heavy atom. The van der Waals surface area contributed by atoms with Gasteiger partial charge >= 0.3 is 12.0 Å². The van der Waals surface area contributed by atoms with Gasteiger partial charge in [-0.2, -0.15) is 0 Å². The molecule has 20 heavy (non-hydrogen) atoms. The van der Waals surface area contributed by atoms with Crippen molar-refractivity contribution in [2.75, 3.05) is 26.2 Å². The van der Waals surface area contributed by atoms with Crippen LogP contribution in [0.2, 0.25) is 0 Å². The lowest BCUT2D eigenvalue weighted by Crippen LogP contribution is -2.48. The molecule has 0 aliphatic carbocycles. The number of β-amino-alcohol motifs (C(OH)–C–C–N with tert-alkyl or cyclic N) is 1. The van der Waals surface area contributed by atoms with E-state index in [1.165, 1.54) is 0 Å². The number of hydrogen-bond donors (Lipinski definition) is 3. The second-order valence-corrected chi connectivity index (χ2v) is 5.14. The third-order valence-electron chi connectivity index (χ3n) is 3.67. The van der Waals surface area contributed by atoms with Crippen molar-refractivity contribution in [1.29, 1.82) is 0 Å². The molecule has 0 bridgehead atoms. The first-order valence-corrected chi connectivity index (χ1v) is 6.72. The smallest absolute Gasteiger partial charge is 0.326 e. The largest absolute Gasteiger partial charge is 0.480 e. The van der Waals surface area contributed by atoms with E-state index in [4.69, 9.17) is 5.11 Å². The van der Waals surface area contributed by atoms with Crippen molar-refractivity contribution in [3.63, 3.8) is 0 Å². The first kappa shape index (κ1) is 14.6. The molecule has 2 aliphatic heterocycles. The monoisotopic (exact) mass is 285 g/mol. The molecule has 3 amide bonds. The Balaban J connectivity index is 1.84. The van der Waals surface area contributed by atoms with Crippen LogP contribution in [0.1, 0.15) is 19.3 Å². The van der Waals surface area contributed by atoms with Crippen molar-refractivity contribution in [1.82, 2.24) is 15.1 Å². The fourth-order valence-electron chi connectivity index (χ4n) is 2.60. The first-order valence-electron chi connectivity index (χ1n) is 6.72. The molecule has 0 aromatic rings. The van der Waals surface area contributed by atoms with Gasteiger partial charge in [-0.25, -0.2) is 9.59 Å². The Bertz CT molecular complexity index is 408. The van der Waals surface area contributed by atoms with Crippen LogP contribution >= 0.6 is 0 Å². The summed E-state index contributed by atoms with van der Waals surface area (Å²) in [6, 6.07) is -1.66. The number of carboxylic acids is 1. The van der Waals surface area contributed by atoms with Crippen LogP contribution in [-0.4, -0.2) is 76.2 Å². The number of aliphatic carboxylic acids is 1. The number of nitrogens with zero attached hydrogens (tertiary/aromatic N) is 2. The van der Waals surface area contributed by atoms with E-state index in [2.05, 4.69) is 5.32 Å². The number of aliphatic hydroxyl groups is 1. The molecule has 112 valence electrons. The number of nitrogens with one attached hydrogen (secondary N) is 1. The molecule has 0 aromatic carbocycles. The summed E-state index contributed by atoms with van der Waals surface area (Å²) in [5.74, 6) is -1.31. The minimum absolute atomic E-state index is 0.0167. The molecule has 2 heterocycles. The number of aliphatic hydroxyl groups excluding tert-OH is 1. The van der Waals surface area contributed by atoms with Gasteiger partial charge in [-0.05, 0) is 12.8 Å². The second kappa shape index (κ2) is 6.08. The fraction of sp³-hybridized carbons (Fsp3) is 0.750. The topological polar surface area (TPSA) is 110 Å². The Kier molecular flexibility index (Phi) is 4.43. The maximum Gasteiger partial charge on any atom is 0.326 e. The lowest BCUT2D eigenvalue weighted by molar-refractivity contribution is -0.141. The molecule has 2 rings (SSSR count). The van der Waals surface area contributed by atoms with Crippen LogP contribution in [0.4, 0.5) is 4.79 Å². The van der Waals surface area contributed by atoms with E-state index < -0.39 is 24.1 Å². The highest BCUT2D eigenvalue weighted by Crippen LogP contribution is 2.18. The summed E-state index contributed by atoms with van der Waals surface area (Å²) in [5.41, 5.74) is 0. The van der Waals surface area contributed by atoms with Crippen LogP contribution in [0.3, 0.4) is 0 Å². The summed E-state index contributed by atoms with van der Waals surface area (Å²) < 4.78 is 0. The van der Waals surface area contributed by atoms with Crippen LogP contribution in [0.25, 0.3) is 0 Å². The van der Waals surface area contributed by atoms with Gasteiger partial charge < -0.3 is 25.3 Å². The van der Waals surface area contributed by atoms with Gasteiger partial charge in [0.25, 0.3) is 0 Å². The average molecular weight is 285 g/mol. The lowest BCUT2D eigenvalue weighted by Gasteiger charge is -2.22. The van der Waals surface area contributed by atoms with Gasteiger partial charge in [0.05, 0.1) is 12.6 Å². The highest BCUT2D eigenvalue weighted by atomic mass is 16.4. The van der Waals surface area contributed by atoms with Crippen LogP contribution in [-0.2, 0) is 9.59 Å². The Morgan fingerprint density at radius 1 is 1.20 bits per heavy atom. The molecule has 2 aliphatic rings. The number of rotatable bonds is 3. The molecule has 2 saturated heterocycles. The average Bonchev–Trinajstić information content (AvgIpc) is 3.04. The number of carboxylic acid groups (broad SMARTS) is 1. The number of carbonyl (C=O) groups is 3. The van der Waals surface area contributed by atoms with Crippen LogP contribution in [0.5, 0.6) is 0 Å². The van der Waals surface area contributed by atoms with Gasteiger partial charge in [-0.1, -0.05) is 0 Å². The molecule has 8 heteroatoms. The maximum atomic E-state index is 11.9. The third-order valence-corrected chi connectivity index (χ3v) is 3.67. The minimum Gasteiger partial charge on any atom is -0.480 e. The van der Waals surface area contributed by atoms with Crippen LogP contribution in [0.15, 0.2) is 0 Å². The molecule has 2 fully saturated rings. The molecule has 0 saturated carbocycles. The SMILES string of the molecule is O=C(O)C1CC(O)CN1C(=O)NCC(=O)N1CCCC1. The Labute approximate surface area is 116 Å². The molecule has 2 atom stereocenters. The Hall–Kier alpha value is -1.83. The molecule has 0 radical (unpaired) electrons. The van der Waals surface area contributed by atoms with E-state index in [1.54, 1.807) is 4.90 Å². The Morgan fingerprint density at radius 3 is 2.45 bits per heavy atom. The first-order chi connectivity index (χ1) is 9.49. The number of likely N-dealkylation sites (tertiary alicyclic amines) is 2. The van der Waals surface area contributed by atoms with Crippen molar-refractivity contribution in [3.05, 3.63) is 0 Å². The highest BCUT2D eigenvalue weighted by Gasteiger charge is 2.39. The summed E-state index contributed by atoms with van der Waals surface area (Å²) >= 11 is 0.